The molecule has 0 bridgehead atoms. The third-order valence-electron chi connectivity index (χ3n) is 3.63. The molecule has 0 radical (unpaired) electrons. The molecular formula is C14H16N2O3. The number of aliphatic carboxylic acids is 1. The summed E-state index contributed by atoms with van der Waals surface area (Å²) in [5.74, 6) is -0.432. The number of carbonyl (C=O) groups is 1. The molecule has 0 spiro atoms. The molecule has 1 aliphatic rings. The quantitative estimate of drug-likeness (QED) is 0.918. The Bertz CT molecular complexity index is 552. The molecule has 0 atom stereocenters. The van der Waals surface area contributed by atoms with Crippen LogP contribution in [0.15, 0.2) is 28.7 Å². The summed E-state index contributed by atoms with van der Waals surface area (Å²) >= 11 is 0. The van der Waals surface area contributed by atoms with Crippen LogP contribution in [0.4, 0.5) is 6.01 Å². The third-order valence-corrected chi connectivity index (χ3v) is 3.63. The molecule has 2 aromatic rings. The standard InChI is InChI=1S/C14H16N2O3/c17-13(18)9-10-5-7-16(8-6-10)14-15-11-3-1-2-4-12(11)19-14/h1-4,10H,5-9H2,(H,17,18). The molecule has 19 heavy (non-hydrogen) atoms. The zero-order valence-electron chi connectivity index (χ0n) is 10.6. The first-order valence-electron chi connectivity index (χ1n) is 6.54. The summed E-state index contributed by atoms with van der Waals surface area (Å²) in [4.78, 5) is 17.3. The molecule has 0 saturated carbocycles. The fourth-order valence-electron chi connectivity index (χ4n) is 2.57. The number of carboxylic acid groups (broad SMARTS) is 1. The highest BCUT2D eigenvalue weighted by atomic mass is 16.4. The average Bonchev–Trinajstić information content (AvgIpc) is 2.82. The summed E-state index contributed by atoms with van der Waals surface area (Å²) in [5.41, 5.74) is 1.66. The Morgan fingerprint density at radius 2 is 2.11 bits per heavy atom. The van der Waals surface area contributed by atoms with E-state index in [2.05, 4.69) is 9.88 Å². The van der Waals surface area contributed by atoms with E-state index in [-0.39, 0.29) is 12.3 Å². The van der Waals surface area contributed by atoms with Crippen LogP contribution in [0, 0.1) is 5.92 Å². The summed E-state index contributed by atoms with van der Waals surface area (Å²) in [5, 5.41) is 8.80. The second-order valence-corrected chi connectivity index (χ2v) is 4.99. The van der Waals surface area contributed by atoms with Crippen LogP contribution < -0.4 is 4.90 Å². The Labute approximate surface area is 110 Å². The third kappa shape index (κ3) is 2.54. The van der Waals surface area contributed by atoms with Gasteiger partial charge in [-0.25, -0.2) is 0 Å². The maximum Gasteiger partial charge on any atom is 0.303 e. The van der Waals surface area contributed by atoms with E-state index < -0.39 is 5.97 Å². The van der Waals surface area contributed by atoms with Crippen LogP contribution >= 0.6 is 0 Å². The molecule has 5 nitrogen and oxygen atoms in total. The Morgan fingerprint density at radius 1 is 1.37 bits per heavy atom. The minimum Gasteiger partial charge on any atom is -0.481 e. The topological polar surface area (TPSA) is 66.6 Å². The molecule has 1 fully saturated rings. The van der Waals surface area contributed by atoms with Crippen molar-refractivity contribution in [2.45, 2.75) is 19.3 Å². The van der Waals surface area contributed by atoms with E-state index in [1.54, 1.807) is 0 Å². The molecule has 5 heteroatoms. The van der Waals surface area contributed by atoms with Crippen LogP contribution in [-0.4, -0.2) is 29.1 Å². The van der Waals surface area contributed by atoms with E-state index in [4.69, 9.17) is 9.52 Å². The molecule has 1 aromatic heterocycles. The highest BCUT2D eigenvalue weighted by Crippen LogP contribution is 2.27. The maximum absolute atomic E-state index is 10.7. The lowest BCUT2D eigenvalue weighted by atomic mass is 9.94. The predicted molar refractivity (Wildman–Crippen MR) is 71.2 cm³/mol. The maximum atomic E-state index is 10.7. The number of para-hydroxylation sites is 2. The SMILES string of the molecule is O=C(O)CC1CCN(c2nc3ccccc3o2)CC1. The molecule has 0 amide bonds. The smallest absolute Gasteiger partial charge is 0.303 e. The van der Waals surface area contributed by atoms with E-state index in [0.717, 1.165) is 37.0 Å². The lowest BCUT2D eigenvalue weighted by Crippen LogP contribution is -2.34. The largest absolute Gasteiger partial charge is 0.481 e. The van der Waals surface area contributed by atoms with Crippen molar-refractivity contribution in [3.63, 3.8) is 0 Å². The van der Waals surface area contributed by atoms with E-state index in [0.29, 0.717) is 6.01 Å². The van der Waals surface area contributed by atoms with Gasteiger partial charge in [-0.3, -0.25) is 4.79 Å². The summed E-state index contributed by atoms with van der Waals surface area (Å²) in [7, 11) is 0. The second-order valence-electron chi connectivity index (χ2n) is 4.99. The van der Waals surface area contributed by atoms with Gasteiger partial charge in [0, 0.05) is 19.5 Å². The number of piperidine rings is 1. The lowest BCUT2D eigenvalue weighted by Gasteiger charge is -2.29. The number of oxazole rings is 1. The van der Waals surface area contributed by atoms with Gasteiger partial charge in [-0.2, -0.15) is 4.98 Å². The molecular weight excluding hydrogens is 244 g/mol. The van der Waals surface area contributed by atoms with Crippen molar-refractivity contribution in [3.05, 3.63) is 24.3 Å². The molecule has 0 aliphatic carbocycles. The average molecular weight is 260 g/mol. The van der Waals surface area contributed by atoms with Gasteiger partial charge in [0.25, 0.3) is 6.01 Å². The van der Waals surface area contributed by atoms with Crippen molar-refractivity contribution in [1.82, 2.24) is 4.98 Å². The highest BCUT2D eigenvalue weighted by Gasteiger charge is 2.24. The van der Waals surface area contributed by atoms with E-state index in [1.807, 2.05) is 24.3 Å². The molecule has 1 saturated heterocycles. The van der Waals surface area contributed by atoms with Crippen LogP contribution in [0.1, 0.15) is 19.3 Å². The Kier molecular flexibility index (Phi) is 3.11. The van der Waals surface area contributed by atoms with Crippen molar-refractivity contribution in [1.29, 1.82) is 0 Å². The summed E-state index contributed by atoms with van der Waals surface area (Å²) in [6.07, 6.45) is 2.03. The van der Waals surface area contributed by atoms with Crippen molar-refractivity contribution in [3.8, 4) is 0 Å². The van der Waals surface area contributed by atoms with Gasteiger partial charge in [-0.15, -0.1) is 0 Å². The summed E-state index contributed by atoms with van der Waals surface area (Å²) in [6.45, 7) is 1.62. The number of anilines is 1. The number of aromatic nitrogens is 1. The van der Waals surface area contributed by atoms with Crippen molar-refractivity contribution in [2.75, 3.05) is 18.0 Å². The molecule has 0 unspecified atom stereocenters. The van der Waals surface area contributed by atoms with Gasteiger partial charge in [0.1, 0.15) is 5.52 Å². The monoisotopic (exact) mass is 260 g/mol. The summed E-state index contributed by atoms with van der Waals surface area (Å²) in [6, 6.07) is 8.35. The van der Waals surface area contributed by atoms with Crippen molar-refractivity contribution < 1.29 is 14.3 Å². The fraction of sp³-hybridized carbons (Fsp3) is 0.429. The number of rotatable bonds is 3. The first-order valence-corrected chi connectivity index (χ1v) is 6.54. The van der Waals surface area contributed by atoms with Crippen LogP contribution in [0.3, 0.4) is 0 Å². The van der Waals surface area contributed by atoms with E-state index in [1.165, 1.54) is 0 Å². The van der Waals surface area contributed by atoms with E-state index in [9.17, 15) is 4.79 Å². The second kappa shape index (κ2) is 4.91. The van der Waals surface area contributed by atoms with Gasteiger partial charge in [0.2, 0.25) is 0 Å². The van der Waals surface area contributed by atoms with Gasteiger partial charge in [-0.05, 0) is 30.9 Å². The number of hydrogen-bond acceptors (Lipinski definition) is 4. The molecule has 3 rings (SSSR count). The molecule has 1 aromatic carbocycles. The first-order chi connectivity index (χ1) is 9.22. The lowest BCUT2D eigenvalue weighted by molar-refractivity contribution is -0.138. The van der Waals surface area contributed by atoms with Gasteiger partial charge < -0.3 is 14.4 Å². The zero-order chi connectivity index (χ0) is 13.2. The molecule has 100 valence electrons. The van der Waals surface area contributed by atoms with E-state index >= 15 is 0 Å². The summed E-state index contributed by atoms with van der Waals surface area (Å²) < 4.78 is 5.72. The van der Waals surface area contributed by atoms with Crippen LogP contribution in [0.5, 0.6) is 0 Å². The number of fused-ring (bicyclic) bond motifs is 1. The molecule has 1 aliphatic heterocycles. The van der Waals surface area contributed by atoms with Gasteiger partial charge >= 0.3 is 5.97 Å². The number of carboxylic acids is 1. The van der Waals surface area contributed by atoms with Crippen molar-refractivity contribution >= 4 is 23.1 Å². The normalized spacial score (nSPS) is 16.9. The van der Waals surface area contributed by atoms with Crippen LogP contribution in [0.2, 0.25) is 0 Å². The van der Waals surface area contributed by atoms with Crippen molar-refractivity contribution in [2.24, 2.45) is 5.92 Å². The van der Waals surface area contributed by atoms with Crippen LogP contribution in [0.25, 0.3) is 11.1 Å². The minimum absolute atomic E-state index is 0.265. The predicted octanol–water partition coefficient (Wildman–Crippen LogP) is 2.52. The number of nitrogens with zero attached hydrogens (tertiary/aromatic N) is 2. The first kappa shape index (κ1) is 12.0. The van der Waals surface area contributed by atoms with Gasteiger partial charge in [-0.1, -0.05) is 12.1 Å². The fourth-order valence-corrected chi connectivity index (χ4v) is 2.57. The van der Waals surface area contributed by atoms with Gasteiger partial charge in [0.05, 0.1) is 0 Å². The number of benzene rings is 1. The van der Waals surface area contributed by atoms with Gasteiger partial charge in [0.15, 0.2) is 5.58 Å². The molecule has 1 N–H and O–H groups in total. The van der Waals surface area contributed by atoms with Crippen LogP contribution in [-0.2, 0) is 4.79 Å². The Morgan fingerprint density at radius 3 is 2.79 bits per heavy atom. The Balaban J connectivity index is 1.69. The molecule has 2 heterocycles. The minimum atomic E-state index is -0.708. The highest BCUT2D eigenvalue weighted by molar-refractivity contribution is 5.74. The number of hydrogen-bond donors (Lipinski definition) is 1. The Hall–Kier alpha value is -2.04. The zero-order valence-corrected chi connectivity index (χ0v) is 10.6.